The first kappa shape index (κ1) is 14.5. The molecule has 1 fully saturated rings. The summed E-state index contributed by atoms with van der Waals surface area (Å²) in [5.41, 5.74) is -0.0434. The Bertz CT molecular complexity index is 594. The molecule has 0 aliphatic carbocycles. The van der Waals surface area contributed by atoms with Crippen LogP contribution in [0.15, 0.2) is 27.6 Å². The summed E-state index contributed by atoms with van der Waals surface area (Å²) < 4.78 is 26.5. The van der Waals surface area contributed by atoms with E-state index in [1.807, 2.05) is 0 Å². The molecule has 104 valence electrons. The SMILES string of the molecule is O=C(O)c1cccc(S(=O)(=O)N2CCCCC2)c1Br. The predicted molar refractivity (Wildman–Crippen MR) is 73.7 cm³/mol. The quantitative estimate of drug-likeness (QED) is 0.910. The molecule has 0 aromatic heterocycles. The number of aromatic carboxylic acids is 1. The summed E-state index contributed by atoms with van der Waals surface area (Å²) in [6, 6.07) is 4.26. The number of hydrogen-bond donors (Lipinski definition) is 1. The van der Waals surface area contributed by atoms with Crippen molar-refractivity contribution in [3.63, 3.8) is 0 Å². The molecule has 5 nitrogen and oxygen atoms in total. The molecule has 0 unspecified atom stereocenters. The van der Waals surface area contributed by atoms with Gasteiger partial charge in [-0.05, 0) is 40.9 Å². The fourth-order valence-corrected chi connectivity index (χ4v) is 4.77. The minimum absolute atomic E-state index is 0.0225. The number of hydrogen-bond acceptors (Lipinski definition) is 3. The molecular weight excluding hydrogens is 334 g/mol. The third-order valence-corrected chi connectivity index (χ3v) is 6.18. The maximum absolute atomic E-state index is 12.5. The smallest absolute Gasteiger partial charge is 0.336 e. The van der Waals surface area contributed by atoms with Gasteiger partial charge >= 0.3 is 5.97 Å². The zero-order valence-corrected chi connectivity index (χ0v) is 12.6. The molecule has 2 rings (SSSR count). The van der Waals surface area contributed by atoms with Gasteiger partial charge in [0.05, 0.1) is 14.9 Å². The second-order valence-electron chi connectivity index (χ2n) is 4.39. The second-order valence-corrected chi connectivity index (χ2v) is 7.09. The Kier molecular flexibility index (Phi) is 4.27. The molecule has 1 heterocycles. The molecule has 7 heteroatoms. The van der Waals surface area contributed by atoms with Crippen molar-refractivity contribution in [3.05, 3.63) is 28.2 Å². The minimum Gasteiger partial charge on any atom is -0.478 e. The molecule has 1 aliphatic rings. The highest BCUT2D eigenvalue weighted by Gasteiger charge is 2.29. The van der Waals surface area contributed by atoms with Gasteiger partial charge in [0.15, 0.2) is 0 Å². The molecule has 1 aliphatic heterocycles. The lowest BCUT2D eigenvalue weighted by Crippen LogP contribution is -2.35. The van der Waals surface area contributed by atoms with E-state index in [9.17, 15) is 13.2 Å². The summed E-state index contributed by atoms with van der Waals surface area (Å²) in [7, 11) is -3.63. The number of nitrogens with zero attached hydrogens (tertiary/aromatic N) is 1. The molecule has 1 N–H and O–H groups in total. The Balaban J connectivity index is 2.46. The van der Waals surface area contributed by atoms with E-state index in [1.165, 1.54) is 22.5 Å². The van der Waals surface area contributed by atoms with E-state index in [4.69, 9.17) is 5.11 Å². The fraction of sp³-hybridized carbons (Fsp3) is 0.417. The van der Waals surface area contributed by atoms with Crippen LogP contribution < -0.4 is 0 Å². The summed E-state index contributed by atoms with van der Waals surface area (Å²) >= 11 is 3.10. The number of sulfonamides is 1. The first-order valence-corrected chi connectivity index (χ1v) is 8.20. The number of benzene rings is 1. The lowest BCUT2D eigenvalue weighted by atomic mass is 10.2. The molecule has 1 aromatic rings. The first-order chi connectivity index (χ1) is 8.94. The molecule has 1 saturated heterocycles. The molecule has 1 aromatic carbocycles. The van der Waals surface area contributed by atoms with Crippen molar-refractivity contribution in [2.75, 3.05) is 13.1 Å². The van der Waals surface area contributed by atoms with Crippen molar-refractivity contribution in [2.24, 2.45) is 0 Å². The molecule has 0 amide bonds. The molecule has 0 saturated carbocycles. The molecule has 0 atom stereocenters. The summed E-state index contributed by atoms with van der Waals surface area (Å²) in [5.74, 6) is -1.15. The number of carboxylic acid groups (broad SMARTS) is 1. The Morgan fingerprint density at radius 3 is 2.42 bits per heavy atom. The number of halogens is 1. The Morgan fingerprint density at radius 1 is 1.21 bits per heavy atom. The van der Waals surface area contributed by atoms with E-state index in [-0.39, 0.29) is 14.9 Å². The molecular formula is C12H14BrNO4S. The van der Waals surface area contributed by atoms with Gasteiger partial charge in [-0.3, -0.25) is 0 Å². The van der Waals surface area contributed by atoms with Crippen LogP contribution in [0, 0.1) is 0 Å². The maximum Gasteiger partial charge on any atom is 0.336 e. The number of piperidine rings is 1. The van der Waals surface area contributed by atoms with Gasteiger partial charge in [-0.15, -0.1) is 0 Å². The molecule has 0 spiro atoms. The lowest BCUT2D eigenvalue weighted by Gasteiger charge is -2.26. The van der Waals surface area contributed by atoms with Crippen molar-refractivity contribution in [1.29, 1.82) is 0 Å². The van der Waals surface area contributed by atoms with E-state index in [2.05, 4.69) is 15.9 Å². The van der Waals surface area contributed by atoms with Gasteiger partial charge in [-0.1, -0.05) is 12.5 Å². The highest BCUT2D eigenvalue weighted by atomic mass is 79.9. The van der Waals surface area contributed by atoms with Crippen molar-refractivity contribution in [2.45, 2.75) is 24.2 Å². The van der Waals surface area contributed by atoms with Gasteiger partial charge in [0.2, 0.25) is 10.0 Å². The monoisotopic (exact) mass is 347 g/mol. The van der Waals surface area contributed by atoms with Gasteiger partial charge in [0, 0.05) is 13.1 Å². The van der Waals surface area contributed by atoms with Crippen molar-refractivity contribution >= 4 is 31.9 Å². The van der Waals surface area contributed by atoms with Crippen LogP contribution in [0.5, 0.6) is 0 Å². The normalized spacial score (nSPS) is 17.3. The Morgan fingerprint density at radius 2 is 1.84 bits per heavy atom. The van der Waals surface area contributed by atoms with Crippen LogP contribution in [0.4, 0.5) is 0 Å². The average molecular weight is 348 g/mol. The maximum atomic E-state index is 12.5. The van der Waals surface area contributed by atoms with E-state index in [1.54, 1.807) is 0 Å². The highest BCUT2D eigenvalue weighted by Crippen LogP contribution is 2.29. The predicted octanol–water partition coefficient (Wildman–Crippen LogP) is 2.32. The zero-order valence-electron chi connectivity index (χ0n) is 10.2. The van der Waals surface area contributed by atoms with Gasteiger partial charge in [-0.25, -0.2) is 13.2 Å². The van der Waals surface area contributed by atoms with Crippen molar-refractivity contribution < 1.29 is 18.3 Å². The highest BCUT2D eigenvalue weighted by molar-refractivity contribution is 9.10. The third kappa shape index (κ3) is 2.82. The number of carboxylic acids is 1. The lowest BCUT2D eigenvalue weighted by molar-refractivity contribution is 0.0695. The summed E-state index contributed by atoms with van der Waals surface area (Å²) in [5, 5.41) is 9.03. The van der Waals surface area contributed by atoms with Crippen molar-refractivity contribution in [1.82, 2.24) is 4.31 Å². The average Bonchev–Trinajstić information content (AvgIpc) is 2.39. The van der Waals surface area contributed by atoms with E-state index >= 15 is 0 Å². The van der Waals surface area contributed by atoms with Gasteiger partial charge < -0.3 is 5.11 Å². The molecule has 19 heavy (non-hydrogen) atoms. The van der Waals surface area contributed by atoms with Crippen LogP contribution in [-0.2, 0) is 10.0 Å². The van der Waals surface area contributed by atoms with Crippen LogP contribution in [0.2, 0.25) is 0 Å². The Hall–Kier alpha value is -0.920. The number of carbonyl (C=O) groups is 1. The Labute approximate surface area is 120 Å². The van der Waals surface area contributed by atoms with Crippen molar-refractivity contribution in [3.8, 4) is 0 Å². The molecule has 0 bridgehead atoms. The molecule has 0 radical (unpaired) electrons. The van der Waals surface area contributed by atoms with Crippen LogP contribution in [0.1, 0.15) is 29.6 Å². The third-order valence-electron chi connectivity index (χ3n) is 3.13. The van der Waals surface area contributed by atoms with E-state index < -0.39 is 16.0 Å². The first-order valence-electron chi connectivity index (χ1n) is 5.96. The van der Waals surface area contributed by atoms with E-state index in [0.717, 1.165) is 19.3 Å². The second kappa shape index (κ2) is 5.60. The van der Waals surface area contributed by atoms with Gasteiger partial charge in [0.25, 0.3) is 0 Å². The largest absolute Gasteiger partial charge is 0.478 e. The van der Waals surface area contributed by atoms with Crippen LogP contribution in [0.3, 0.4) is 0 Å². The minimum atomic E-state index is -3.63. The van der Waals surface area contributed by atoms with E-state index in [0.29, 0.717) is 13.1 Å². The van der Waals surface area contributed by atoms with Gasteiger partial charge in [0.1, 0.15) is 0 Å². The van der Waals surface area contributed by atoms with Crippen LogP contribution in [-0.4, -0.2) is 36.9 Å². The van der Waals surface area contributed by atoms with Crippen LogP contribution in [0.25, 0.3) is 0 Å². The van der Waals surface area contributed by atoms with Crippen LogP contribution >= 0.6 is 15.9 Å². The topological polar surface area (TPSA) is 74.7 Å². The zero-order chi connectivity index (χ0) is 14.0. The standard InChI is InChI=1S/C12H14BrNO4S/c13-11-9(12(15)16)5-4-6-10(11)19(17,18)14-7-2-1-3-8-14/h4-6H,1-3,7-8H2,(H,15,16). The summed E-state index contributed by atoms with van der Waals surface area (Å²) in [6.45, 7) is 0.984. The fourth-order valence-electron chi connectivity index (χ4n) is 2.12. The number of rotatable bonds is 3. The summed E-state index contributed by atoms with van der Waals surface area (Å²) in [4.78, 5) is 11.1. The van der Waals surface area contributed by atoms with Gasteiger partial charge in [-0.2, -0.15) is 4.31 Å². The summed E-state index contributed by atoms with van der Waals surface area (Å²) in [6.07, 6.45) is 2.72.